The highest BCUT2D eigenvalue weighted by molar-refractivity contribution is 9.09. The van der Waals surface area contributed by atoms with Gasteiger partial charge in [0.25, 0.3) is 0 Å². The van der Waals surface area contributed by atoms with E-state index in [1.54, 1.807) is 12.1 Å². The second-order valence-corrected chi connectivity index (χ2v) is 5.57. The standard InChI is InChI=1S/C14H16BrNO3/c1-9-2-4-11(5-3-9)13(14(18)19)16-8-10(7-15)6-12(16)17/h2-5,10,13H,6-8H2,1H3,(H,18,19). The van der Waals surface area contributed by atoms with Gasteiger partial charge in [-0.25, -0.2) is 4.79 Å². The number of hydrogen-bond donors (Lipinski definition) is 1. The zero-order chi connectivity index (χ0) is 14.0. The van der Waals surface area contributed by atoms with Gasteiger partial charge in [0.1, 0.15) is 0 Å². The summed E-state index contributed by atoms with van der Waals surface area (Å²) in [5.74, 6) is -0.871. The molecule has 1 aliphatic heterocycles. The molecule has 0 aliphatic carbocycles. The fourth-order valence-corrected chi connectivity index (χ4v) is 2.80. The van der Waals surface area contributed by atoms with E-state index in [-0.39, 0.29) is 11.8 Å². The Morgan fingerprint density at radius 3 is 2.58 bits per heavy atom. The molecule has 0 bridgehead atoms. The number of carboxylic acids is 1. The summed E-state index contributed by atoms with van der Waals surface area (Å²) in [6.07, 6.45) is 0.418. The summed E-state index contributed by atoms with van der Waals surface area (Å²) < 4.78 is 0. The Kier molecular flexibility index (Phi) is 4.24. The molecule has 5 heteroatoms. The van der Waals surface area contributed by atoms with Crippen LogP contribution in [0.3, 0.4) is 0 Å². The van der Waals surface area contributed by atoms with Gasteiger partial charge in [0.05, 0.1) is 0 Å². The number of carbonyl (C=O) groups is 2. The lowest BCUT2D eigenvalue weighted by molar-refractivity contribution is -0.148. The quantitative estimate of drug-likeness (QED) is 0.864. The molecule has 2 atom stereocenters. The van der Waals surface area contributed by atoms with Gasteiger partial charge in [0, 0.05) is 18.3 Å². The van der Waals surface area contributed by atoms with Gasteiger partial charge in [-0.3, -0.25) is 4.79 Å². The Hall–Kier alpha value is -1.36. The number of aliphatic carboxylic acids is 1. The molecule has 1 saturated heterocycles. The van der Waals surface area contributed by atoms with Crippen molar-refractivity contribution in [2.75, 3.05) is 11.9 Å². The Morgan fingerprint density at radius 1 is 1.47 bits per heavy atom. The van der Waals surface area contributed by atoms with E-state index >= 15 is 0 Å². The van der Waals surface area contributed by atoms with Crippen LogP contribution < -0.4 is 0 Å². The van der Waals surface area contributed by atoms with E-state index in [9.17, 15) is 14.7 Å². The third kappa shape index (κ3) is 2.97. The molecule has 1 aromatic carbocycles. The number of halogens is 1. The molecule has 19 heavy (non-hydrogen) atoms. The highest BCUT2D eigenvalue weighted by Crippen LogP contribution is 2.30. The molecule has 1 aromatic rings. The third-order valence-corrected chi connectivity index (χ3v) is 4.31. The smallest absolute Gasteiger partial charge is 0.331 e. The van der Waals surface area contributed by atoms with Gasteiger partial charge in [-0.2, -0.15) is 0 Å². The van der Waals surface area contributed by atoms with Crippen LogP contribution in [0.15, 0.2) is 24.3 Å². The van der Waals surface area contributed by atoms with Crippen LogP contribution in [0.5, 0.6) is 0 Å². The molecule has 1 N–H and O–H groups in total. The van der Waals surface area contributed by atoms with Crippen LogP contribution in [0, 0.1) is 12.8 Å². The van der Waals surface area contributed by atoms with Crippen LogP contribution in [-0.2, 0) is 9.59 Å². The molecule has 1 heterocycles. The second kappa shape index (κ2) is 5.74. The number of nitrogens with zero attached hydrogens (tertiary/aromatic N) is 1. The molecule has 1 fully saturated rings. The normalized spacial score (nSPS) is 20.6. The van der Waals surface area contributed by atoms with E-state index in [0.717, 1.165) is 10.9 Å². The van der Waals surface area contributed by atoms with Crippen LogP contribution in [0.1, 0.15) is 23.6 Å². The molecule has 1 amide bonds. The van der Waals surface area contributed by atoms with Crippen molar-refractivity contribution >= 4 is 27.8 Å². The summed E-state index contributed by atoms with van der Waals surface area (Å²) in [4.78, 5) is 24.9. The van der Waals surface area contributed by atoms with Crippen molar-refractivity contribution in [2.24, 2.45) is 5.92 Å². The largest absolute Gasteiger partial charge is 0.479 e. The molecular formula is C14H16BrNO3. The zero-order valence-corrected chi connectivity index (χ0v) is 12.3. The number of likely N-dealkylation sites (tertiary alicyclic amines) is 1. The molecule has 0 aromatic heterocycles. The van der Waals surface area contributed by atoms with Crippen molar-refractivity contribution in [3.8, 4) is 0 Å². The van der Waals surface area contributed by atoms with Gasteiger partial charge in [-0.1, -0.05) is 45.8 Å². The maximum Gasteiger partial charge on any atom is 0.331 e. The van der Waals surface area contributed by atoms with Crippen molar-refractivity contribution in [3.63, 3.8) is 0 Å². The molecule has 2 unspecified atom stereocenters. The summed E-state index contributed by atoms with van der Waals surface area (Å²) in [6.45, 7) is 2.44. The first-order valence-corrected chi connectivity index (χ1v) is 7.30. The van der Waals surface area contributed by atoms with E-state index in [2.05, 4.69) is 15.9 Å². The summed E-state index contributed by atoms with van der Waals surface area (Å²) in [7, 11) is 0. The summed E-state index contributed by atoms with van der Waals surface area (Å²) in [5.41, 5.74) is 1.72. The lowest BCUT2D eigenvalue weighted by Gasteiger charge is -2.25. The Labute approximate surface area is 120 Å². The molecule has 1 aliphatic rings. The Bertz CT molecular complexity index is 486. The Morgan fingerprint density at radius 2 is 2.11 bits per heavy atom. The van der Waals surface area contributed by atoms with Crippen LogP contribution in [0.25, 0.3) is 0 Å². The maximum absolute atomic E-state index is 12.0. The van der Waals surface area contributed by atoms with Gasteiger partial charge in [0.2, 0.25) is 5.91 Å². The number of aryl methyl sites for hydroxylation is 1. The van der Waals surface area contributed by atoms with Crippen LogP contribution in [-0.4, -0.2) is 33.8 Å². The number of carboxylic acid groups (broad SMARTS) is 1. The van der Waals surface area contributed by atoms with E-state index in [4.69, 9.17) is 0 Å². The number of rotatable bonds is 4. The minimum Gasteiger partial charge on any atom is -0.479 e. The predicted octanol–water partition coefficient (Wildman–Crippen LogP) is 2.36. The summed E-state index contributed by atoms with van der Waals surface area (Å²) in [6, 6.07) is 6.42. The number of carbonyl (C=O) groups excluding carboxylic acids is 1. The van der Waals surface area contributed by atoms with Gasteiger partial charge in [-0.15, -0.1) is 0 Å². The highest BCUT2D eigenvalue weighted by Gasteiger charge is 2.38. The topological polar surface area (TPSA) is 57.6 Å². The van der Waals surface area contributed by atoms with Gasteiger partial charge >= 0.3 is 5.97 Å². The molecule has 0 saturated carbocycles. The monoisotopic (exact) mass is 325 g/mol. The number of amides is 1. The molecule has 0 radical (unpaired) electrons. The minimum absolute atomic E-state index is 0.0857. The maximum atomic E-state index is 12.0. The Balaban J connectivity index is 2.28. The van der Waals surface area contributed by atoms with Crippen LogP contribution in [0.4, 0.5) is 0 Å². The third-order valence-electron chi connectivity index (χ3n) is 3.40. The van der Waals surface area contributed by atoms with Crippen LogP contribution in [0.2, 0.25) is 0 Å². The number of hydrogen-bond acceptors (Lipinski definition) is 2. The lowest BCUT2D eigenvalue weighted by Crippen LogP contribution is -2.35. The number of benzene rings is 1. The lowest BCUT2D eigenvalue weighted by atomic mass is 10.0. The van der Waals surface area contributed by atoms with Crippen molar-refractivity contribution < 1.29 is 14.7 Å². The second-order valence-electron chi connectivity index (χ2n) is 4.92. The van der Waals surface area contributed by atoms with Gasteiger partial charge in [-0.05, 0) is 18.4 Å². The number of alkyl halides is 1. The molecule has 102 valence electrons. The van der Waals surface area contributed by atoms with Gasteiger partial charge in [0.15, 0.2) is 6.04 Å². The average Bonchev–Trinajstić information content (AvgIpc) is 2.73. The zero-order valence-electron chi connectivity index (χ0n) is 10.7. The summed E-state index contributed by atoms with van der Waals surface area (Å²) in [5, 5.41) is 10.1. The predicted molar refractivity (Wildman–Crippen MR) is 75.2 cm³/mol. The van der Waals surface area contributed by atoms with Crippen molar-refractivity contribution in [1.82, 2.24) is 4.90 Å². The van der Waals surface area contributed by atoms with E-state index < -0.39 is 12.0 Å². The van der Waals surface area contributed by atoms with Crippen molar-refractivity contribution in [3.05, 3.63) is 35.4 Å². The first kappa shape index (κ1) is 14.1. The summed E-state index contributed by atoms with van der Waals surface area (Å²) >= 11 is 3.36. The van der Waals surface area contributed by atoms with Crippen molar-refractivity contribution in [1.29, 1.82) is 0 Å². The van der Waals surface area contributed by atoms with E-state index in [1.807, 2.05) is 19.1 Å². The first-order chi connectivity index (χ1) is 9.02. The molecule has 2 rings (SSSR count). The molecule has 4 nitrogen and oxygen atoms in total. The SMILES string of the molecule is Cc1ccc(C(C(=O)O)N2CC(CBr)CC2=O)cc1. The minimum atomic E-state index is -0.979. The fraction of sp³-hybridized carbons (Fsp3) is 0.429. The first-order valence-electron chi connectivity index (χ1n) is 6.17. The molecule has 0 spiro atoms. The average molecular weight is 326 g/mol. The van der Waals surface area contributed by atoms with Gasteiger partial charge < -0.3 is 10.0 Å². The van der Waals surface area contributed by atoms with E-state index in [0.29, 0.717) is 18.5 Å². The fourth-order valence-electron chi connectivity index (χ4n) is 2.37. The van der Waals surface area contributed by atoms with E-state index in [1.165, 1.54) is 4.90 Å². The van der Waals surface area contributed by atoms with Crippen LogP contribution >= 0.6 is 15.9 Å². The van der Waals surface area contributed by atoms with Crippen molar-refractivity contribution in [2.45, 2.75) is 19.4 Å². The highest BCUT2D eigenvalue weighted by atomic mass is 79.9. The molecular weight excluding hydrogens is 310 g/mol.